The molecule has 0 spiro atoms. The van der Waals surface area contributed by atoms with E-state index < -0.39 is 0 Å². The van der Waals surface area contributed by atoms with Crippen molar-refractivity contribution in [3.63, 3.8) is 0 Å². The fraction of sp³-hybridized carbons (Fsp3) is 0.417. The molecule has 0 fully saturated rings. The maximum atomic E-state index is 5.11. The van der Waals surface area contributed by atoms with Crippen molar-refractivity contribution < 1.29 is 4.42 Å². The van der Waals surface area contributed by atoms with Gasteiger partial charge < -0.3 is 9.73 Å². The third-order valence-electron chi connectivity index (χ3n) is 3.07. The molecule has 3 nitrogen and oxygen atoms in total. The van der Waals surface area contributed by atoms with E-state index in [1.54, 1.807) is 23.9 Å². The van der Waals surface area contributed by atoms with Crippen LogP contribution in [0.15, 0.2) is 23.0 Å². The Balaban J connectivity index is 2.02. The quantitative estimate of drug-likeness (QED) is 0.868. The van der Waals surface area contributed by atoms with Gasteiger partial charge in [0.25, 0.3) is 0 Å². The van der Waals surface area contributed by atoms with Crippen LogP contribution in [0.4, 0.5) is 0 Å². The summed E-state index contributed by atoms with van der Waals surface area (Å²) < 4.78 is 5.11. The molecule has 4 heteroatoms. The van der Waals surface area contributed by atoms with Crippen LogP contribution in [-0.2, 0) is 6.42 Å². The molecule has 0 aromatic carbocycles. The highest BCUT2D eigenvalue weighted by Crippen LogP contribution is 2.37. The zero-order chi connectivity index (χ0) is 11.0. The van der Waals surface area contributed by atoms with Crippen LogP contribution in [0.5, 0.6) is 0 Å². The Morgan fingerprint density at radius 1 is 1.56 bits per heavy atom. The van der Waals surface area contributed by atoms with Crippen LogP contribution in [0.3, 0.4) is 0 Å². The Bertz CT molecular complexity index is 475. The van der Waals surface area contributed by atoms with Gasteiger partial charge in [-0.2, -0.15) is 0 Å². The fourth-order valence-corrected chi connectivity index (χ4v) is 3.45. The number of hydrogen-bond donors (Lipinski definition) is 1. The second kappa shape index (κ2) is 4.03. The van der Waals surface area contributed by atoms with Gasteiger partial charge >= 0.3 is 0 Å². The molecule has 3 rings (SSSR count). The second-order valence-electron chi connectivity index (χ2n) is 4.08. The van der Waals surface area contributed by atoms with Gasteiger partial charge in [0.05, 0.1) is 12.0 Å². The lowest BCUT2D eigenvalue weighted by molar-refractivity contribution is 0.501. The molecule has 84 valence electrons. The van der Waals surface area contributed by atoms with E-state index in [4.69, 9.17) is 9.40 Å². The molecule has 1 aliphatic rings. The van der Waals surface area contributed by atoms with E-state index in [1.165, 1.54) is 23.4 Å². The zero-order valence-electron chi connectivity index (χ0n) is 9.19. The lowest BCUT2D eigenvalue weighted by Crippen LogP contribution is -2.19. The molecular formula is C12H14N2OS. The van der Waals surface area contributed by atoms with Crippen LogP contribution >= 0.6 is 11.3 Å². The Morgan fingerprint density at radius 3 is 3.25 bits per heavy atom. The fourth-order valence-electron chi connectivity index (χ4n) is 2.20. The molecule has 0 amide bonds. The molecule has 0 bridgehead atoms. The smallest absolute Gasteiger partial charge is 0.127 e. The predicted molar refractivity (Wildman–Crippen MR) is 64.6 cm³/mol. The predicted octanol–water partition coefficient (Wildman–Crippen LogP) is 3.00. The van der Waals surface area contributed by atoms with Gasteiger partial charge in [-0.15, -0.1) is 11.3 Å². The van der Waals surface area contributed by atoms with Crippen molar-refractivity contribution >= 4 is 11.3 Å². The van der Waals surface area contributed by atoms with Crippen molar-refractivity contribution in [2.75, 3.05) is 7.05 Å². The number of nitrogens with zero attached hydrogens (tertiary/aromatic N) is 1. The number of furan rings is 1. The molecule has 1 atom stereocenters. The minimum atomic E-state index is 0.488. The van der Waals surface area contributed by atoms with Crippen molar-refractivity contribution in [1.82, 2.24) is 10.3 Å². The van der Waals surface area contributed by atoms with Crippen molar-refractivity contribution in [1.29, 1.82) is 0 Å². The molecule has 1 aliphatic carbocycles. The molecular weight excluding hydrogens is 220 g/mol. The molecule has 0 saturated carbocycles. The van der Waals surface area contributed by atoms with Crippen LogP contribution in [0.1, 0.15) is 29.5 Å². The lowest BCUT2D eigenvalue weighted by atomic mass is 9.98. The molecule has 1 N–H and O–H groups in total. The van der Waals surface area contributed by atoms with E-state index in [2.05, 4.69) is 5.32 Å². The van der Waals surface area contributed by atoms with Crippen molar-refractivity contribution in [2.45, 2.75) is 25.3 Å². The zero-order valence-corrected chi connectivity index (χ0v) is 10.0. The number of nitrogens with one attached hydrogen (secondary N) is 1. The molecule has 16 heavy (non-hydrogen) atoms. The van der Waals surface area contributed by atoms with Crippen LogP contribution in [0.2, 0.25) is 0 Å². The number of hydrogen-bond acceptors (Lipinski definition) is 4. The minimum Gasteiger partial charge on any atom is -0.472 e. The summed E-state index contributed by atoms with van der Waals surface area (Å²) >= 11 is 1.79. The summed E-state index contributed by atoms with van der Waals surface area (Å²) in [6.07, 6.45) is 7.02. The molecule has 1 unspecified atom stereocenters. The van der Waals surface area contributed by atoms with Crippen LogP contribution < -0.4 is 5.32 Å². The molecule has 0 aliphatic heterocycles. The molecule has 0 radical (unpaired) electrons. The summed E-state index contributed by atoms with van der Waals surface area (Å²) in [5.74, 6) is 0. The van der Waals surface area contributed by atoms with Gasteiger partial charge in [-0.05, 0) is 32.4 Å². The maximum absolute atomic E-state index is 5.11. The van der Waals surface area contributed by atoms with E-state index >= 15 is 0 Å². The average molecular weight is 234 g/mol. The van der Waals surface area contributed by atoms with Crippen LogP contribution in [0, 0.1) is 0 Å². The Kier molecular flexibility index (Phi) is 2.53. The SMILES string of the molecule is CNC1CCCc2nc(-c3ccoc3)sc21. The van der Waals surface area contributed by atoms with Crippen molar-refractivity contribution in [2.24, 2.45) is 0 Å². The Labute approximate surface area is 98.5 Å². The highest BCUT2D eigenvalue weighted by molar-refractivity contribution is 7.15. The average Bonchev–Trinajstić information content (AvgIpc) is 2.96. The lowest BCUT2D eigenvalue weighted by Gasteiger charge is -2.19. The van der Waals surface area contributed by atoms with Gasteiger partial charge in [-0.1, -0.05) is 0 Å². The molecule has 2 aromatic heterocycles. The first kappa shape index (κ1) is 10.1. The van der Waals surface area contributed by atoms with Crippen LogP contribution in [0.25, 0.3) is 10.6 Å². The van der Waals surface area contributed by atoms with Gasteiger partial charge in [0, 0.05) is 16.5 Å². The summed E-state index contributed by atoms with van der Waals surface area (Å²) in [4.78, 5) is 6.12. The number of thiazole rings is 1. The Hall–Kier alpha value is -1.13. The number of aromatic nitrogens is 1. The molecule has 0 saturated heterocycles. The van der Waals surface area contributed by atoms with Crippen molar-refractivity contribution in [3.8, 4) is 10.6 Å². The summed E-state index contributed by atoms with van der Waals surface area (Å²) in [5, 5.41) is 4.45. The first-order chi connectivity index (χ1) is 7.88. The normalized spacial score (nSPS) is 19.7. The first-order valence-electron chi connectivity index (χ1n) is 5.58. The van der Waals surface area contributed by atoms with Crippen molar-refractivity contribution in [3.05, 3.63) is 29.2 Å². The van der Waals surface area contributed by atoms with Crippen LogP contribution in [-0.4, -0.2) is 12.0 Å². The topological polar surface area (TPSA) is 38.1 Å². The van der Waals surface area contributed by atoms with Gasteiger partial charge in [-0.3, -0.25) is 0 Å². The van der Waals surface area contributed by atoms with E-state index in [-0.39, 0.29) is 0 Å². The second-order valence-corrected chi connectivity index (χ2v) is 5.11. The molecule has 2 aromatic rings. The maximum Gasteiger partial charge on any atom is 0.127 e. The number of aryl methyl sites for hydroxylation is 1. The summed E-state index contributed by atoms with van der Waals surface area (Å²) in [5.41, 5.74) is 2.36. The standard InChI is InChI=1S/C12H14N2OS/c1-13-9-3-2-4-10-11(9)16-12(14-10)8-5-6-15-7-8/h5-7,9,13H,2-4H2,1H3. The highest BCUT2D eigenvalue weighted by atomic mass is 32.1. The largest absolute Gasteiger partial charge is 0.472 e. The minimum absolute atomic E-state index is 0.488. The van der Waals surface area contributed by atoms with E-state index in [9.17, 15) is 0 Å². The first-order valence-corrected chi connectivity index (χ1v) is 6.39. The number of fused-ring (bicyclic) bond motifs is 1. The van der Waals surface area contributed by atoms with E-state index in [1.807, 2.05) is 13.1 Å². The summed E-state index contributed by atoms with van der Waals surface area (Å²) in [7, 11) is 2.02. The third kappa shape index (κ3) is 1.58. The van der Waals surface area contributed by atoms with E-state index in [0.29, 0.717) is 6.04 Å². The van der Waals surface area contributed by atoms with Gasteiger partial charge in [0.1, 0.15) is 11.3 Å². The summed E-state index contributed by atoms with van der Waals surface area (Å²) in [6.45, 7) is 0. The molecule has 2 heterocycles. The third-order valence-corrected chi connectivity index (χ3v) is 4.33. The number of rotatable bonds is 2. The van der Waals surface area contributed by atoms with Gasteiger partial charge in [-0.25, -0.2) is 4.98 Å². The Morgan fingerprint density at radius 2 is 2.50 bits per heavy atom. The monoisotopic (exact) mass is 234 g/mol. The van der Waals surface area contributed by atoms with Gasteiger partial charge in [0.15, 0.2) is 0 Å². The van der Waals surface area contributed by atoms with E-state index in [0.717, 1.165) is 17.0 Å². The summed E-state index contributed by atoms with van der Waals surface area (Å²) in [6, 6.07) is 2.46. The van der Waals surface area contributed by atoms with Gasteiger partial charge in [0.2, 0.25) is 0 Å². The highest BCUT2D eigenvalue weighted by Gasteiger charge is 2.23.